The molecule has 4 nitrogen and oxygen atoms in total. The van der Waals surface area contributed by atoms with Gasteiger partial charge in [-0.2, -0.15) is 0 Å². The number of carbonyl (C=O) groups is 1. The van der Waals surface area contributed by atoms with Gasteiger partial charge < -0.3 is 10.1 Å². The van der Waals surface area contributed by atoms with Crippen LogP contribution in [0.15, 0.2) is 48.5 Å². The van der Waals surface area contributed by atoms with E-state index in [0.717, 1.165) is 48.7 Å². The molecule has 1 saturated heterocycles. The maximum absolute atomic E-state index is 12.7. The quantitative estimate of drug-likeness (QED) is 0.870. The third-order valence-corrected chi connectivity index (χ3v) is 4.96. The molecule has 1 aliphatic rings. The van der Waals surface area contributed by atoms with Crippen molar-refractivity contribution in [2.75, 3.05) is 25.5 Å². The molecular formula is C20H23ClN2O2. The minimum Gasteiger partial charge on any atom is -0.495 e. The highest BCUT2D eigenvalue weighted by atomic mass is 35.5. The monoisotopic (exact) mass is 358 g/mol. The second kappa shape index (κ2) is 8.37. The molecule has 25 heavy (non-hydrogen) atoms. The zero-order chi connectivity index (χ0) is 17.6. The van der Waals surface area contributed by atoms with Crippen LogP contribution in [0.25, 0.3) is 0 Å². The van der Waals surface area contributed by atoms with E-state index in [2.05, 4.69) is 10.2 Å². The van der Waals surface area contributed by atoms with Gasteiger partial charge in [0.1, 0.15) is 5.75 Å². The van der Waals surface area contributed by atoms with E-state index in [1.165, 1.54) is 0 Å². The summed E-state index contributed by atoms with van der Waals surface area (Å²) in [6.07, 6.45) is 1.91. The molecule has 2 aromatic rings. The fourth-order valence-corrected chi connectivity index (χ4v) is 3.46. The molecule has 0 aliphatic carbocycles. The fourth-order valence-electron chi connectivity index (χ4n) is 3.26. The molecule has 1 amide bonds. The number of methoxy groups -OCH3 is 1. The Morgan fingerprint density at radius 2 is 2.00 bits per heavy atom. The molecule has 2 aromatic carbocycles. The van der Waals surface area contributed by atoms with Gasteiger partial charge in [0, 0.05) is 18.1 Å². The molecule has 1 heterocycles. The number of amides is 1. The predicted octanol–water partition coefficient (Wildman–Crippen LogP) is 4.20. The minimum absolute atomic E-state index is 0.0267. The topological polar surface area (TPSA) is 41.6 Å². The SMILES string of the molecule is COc1ccccc1NC(=O)C1CCCN(Cc2ccccc2Cl)C1. The number of nitrogens with one attached hydrogen (secondary N) is 1. The van der Waals surface area contributed by atoms with Crippen molar-refractivity contribution in [1.29, 1.82) is 0 Å². The third-order valence-electron chi connectivity index (χ3n) is 4.59. The first-order valence-corrected chi connectivity index (χ1v) is 8.95. The van der Waals surface area contributed by atoms with Crippen LogP contribution in [-0.2, 0) is 11.3 Å². The first-order chi connectivity index (χ1) is 12.2. The minimum atomic E-state index is -0.0267. The molecule has 0 bridgehead atoms. The number of halogens is 1. The number of hydrogen-bond acceptors (Lipinski definition) is 3. The predicted molar refractivity (Wildman–Crippen MR) is 101 cm³/mol. The average molecular weight is 359 g/mol. The third kappa shape index (κ3) is 4.53. The zero-order valence-corrected chi connectivity index (χ0v) is 15.1. The Labute approximate surface area is 153 Å². The van der Waals surface area contributed by atoms with Gasteiger partial charge in [-0.05, 0) is 43.1 Å². The molecule has 3 rings (SSSR count). The van der Waals surface area contributed by atoms with Gasteiger partial charge in [0.15, 0.2) is 0 Å². The van der Waals surface area contributed by atoms with E-state index in [1.807, 2.05) is 48.5 Å². The Kier molecular flexibility index (Phi) is 5.95. The van der Waals surface area contributed by atoms with Crippen molar-refractivity contribution in [3.63, 3.8) is 0 Å². The first kappa shape index (κ1) is 17.8. The molecule has 1 atom stereocenters. The van der Waals surface area contributed by atoms with Crippen LogP contribution < -0.4 is 10.1 Å². The van der Waals surface area contributed by atoms with Crippen molar-refractivity contribution < 1.29 is 9.53 Å². The van der Waals surface area contributed by atoms with Crippen LogP contribution in [-0.4, -0.2) is 31.0 Å². The summed E-state index contributed by atoms with van der Waals surface area (Å²) >= 11 is 6.26. The molecule has 132 valence electrons. The highest BCUT2D eigenvalue weighted by molar-refractivity contribution is 6.31. The lowest BCUT2D eigenvalue weighted by atomic mass is 9.96. The van der Waals surface area contributed by atoms with Crippen molar-refractivity contribution in [2.24, 2.45) is 5.92 Å². The van der Waals surface area contributed by atoms with E-state index in [4.69, 9.17) is 16.3 Å². The van der Waals surface area contributed by atoms with Gasteiger partial charge in [0.05, 0.1) is 18.7 Å². The van der Waals surface area contributed by atoms with Gasteiger partial charge in [-0.15, -0.1) is 0 Å². The summed E-state index contributed by atoms with van der Waals surface area (Å²) < 4.78 is 5.31. The van der Waals surface area contributed by atoms with Crippen molar-refractivity contribution in [3.05, 3.63) is 59.1 Å². The largest absolute Gasteiger partial charge is 0.495 e. The summed E-state index contributed by atoms with van der Waals surface area (Å²) in [7, 11) is 1.61. The number of likely N-dealkylation sites (tertiary alicyclic amines) is 1. The number of piperidine rings is 1. The first-order valence-electron chi connectivity index (χ1n) is 8.57. The summed E-state index contributed by atoms with van der Waals surface area (Å²) in [6, 6.07) is 15.4. The van der Waals surface area contributed by atoms with Gasteiger partial charge in [0.2, 0.25) is 5.91 Å². The van der Waals surface area contributed by atoms with Gasteiger partial charge in [-0.1, -0.05) is 41.9 Å². The summed E-state index contributed by atoms with van der Waals surface area (Å²) in [5, 5.41) is 3.79. The van der Waals surface area contributed by atoms with E-state index in [0.29, 0.717) is 5.75 Å². The summed E-state index contributed by atoms with van der Waals surface area (Å²) in [5.74, 6) is 0.703. The van der Waals surface area contributed by atoms with Crippen LogP contribution in [0.1, 0.15) is 18.4 Å². The lowest BCUT2D eigenvalue weighted by Crippen LogP contribution is -2.40. The highest BCUT2D eigenvalue weighted by Gasteiger charge is 2.26. The number of rotatable bonds is 5. The number of benzene rings is 2. The Hall–Kier alpha value is -2.04. The van der Waals surface area contributed by atoms with E-state index in [-0.39, 0.29) is 11.8 Å². The number of anilines is 1. The molecule has 1 fully saturated rings. The summed E-state index contributed by atoms with van der Waals surface area (Å²) in [4.78, 5) is 15.0. The van der Waals surface area contributed by atoms with Crippen molar-refractivity contribution >= 4 is 23.2 Å². The molecule has 0 spiro atoms. The van der Waals surface area contributed by atoms with Crippen LogP contribution in [0, 0.1) is 5.92 Å². The van der Waals surface area contributed by atoms with Crippen molar-refractivity contribution in [2.45, 2.75) is 19.4 Å². The molecule has 1 aliphatic heterocycles. The lowest BCUT2D eigenvalue weighted by Gasteiger charge is -2.32. The molecular weight excluding hydrogens is 336 g/mol. The number of para-hydroxylation sites is 2. The van der Waals surface area contributed by atoms with E-state index < -0.39 is 0 Å². The van der Waals surface area contributed by atoms with Crippen molar-refractivity contribution in [3.8, 4) is 5.75 Å². The van der Waals surface area contributed by atoms with E-state index in [9.17, 15) is 4.79 Å². The number of nitrogens with zero attached hydrogens (tertiary/aromatic N) is 1. The summed E-state index contributed by atoms with van der Waals surface area (Å²) in [6.45, 7) is 2.51. The molecule has 0 radical (unpaired) electrons. The molecule has 0 aromatic heterocycles. The van der Waals surface area contributed by atoms with Gasteiger partial charge in [-0.25, -0.2) is 0 Å². The molecule has 0 saturated carbocycles. The van der Waals surface area contributed by atoms with Crippen LogP contribution in [0.5, 0.6) is 5.75 Å². The normalized spacial score (nSPS) is 17.9. The Bertz CT molecular complexity index is 735. The maximum Gasteiger partial charge on any atom is 0.228 e. The van der Waals surface area contributed by atoms with E-state index in [1.54, 1.807) is 7.11 Å². The number of ether oxygens (including phenoxy) is 1. The van der Waals surface area contributed by atoms with Crippen molar-refractivity contribution in [1.82, 2.24) is 4.90 Å². The van der Waals surface area contributed by atoms with Crippen LogP contribution >= 0.6 is 11.6 Å². The van der Waals surface area contributed by atoms with Gasteiger partial charge in [0.25, 0.3) is 0 Å². The molecule has 5 heteroatoms. The Morgan fingerprint density at radius 3 is 2.80 bits per heavy atom. The lowest BCUT2D eigenvalue weighted by molar-refractivity contribution is -0.121. The van der Waals surface area contributed by atoms with Gasteiger partial charge >= 0.3 is 0 Å². The smallest absolute Gasteiger partial charge is 0.228 e. The number of carbonyl (C=O) groups excluding carboxylic acids is 1. The maximum atomic E-state index is 12.7. The van der Waals surface area contributed by atoms with E-state index >= 15 is 0 Å². The highest BCUT2D eigenvalue weighted by Crippen LogP contribution is 2.26. The fraction of sp³-hybridized carbons (Fsp3) is 0.350. The molecule has 1 unspecified atom stereocenters. The Morgan fingerprint density at radius 1 is 1.24 bits per heavy atom. The second-order valence-electron chi connectivity index (χ2n) is 6.36. The van der Waals surface area contributed by atoms with Gasteiger partial charge in [-0.3, -0.25) is 9.69 Å². The Balaban J connectivity index is 1.63. The summed E-state index contributed by atoms with van der Waals surface area (Å²) in [5.41, 5.74) is 1.83. The van der Waals surface area contributed by atoms with Crippen LogP contribution in [0.3, 0.4) is 0 Å². The second-order valence-corrected chi connectivity index (χ2v) is 6.76. The number of hydrogen-bond donors (Lipinski definition) is 1. The zero-order valence-electron chi connectivity index (χ0n) is 14.4. The van der Waals surface area contributed by atoms with Crippen LogP contribution in [0.2, 0.25) is 5.02 Å². The van der Waals surface area contributed by atoms with Crippen LogP contribution in [0.4, 0.5) is 5.69 Å². The molecule has 1 N–H and O–H groups in total. The average Bonchev–Trinajstić information content (AvgIpc) is 2.64. The standard InChI is InChI=1S/C20H23ClN2O2/c1-25-19-11-5-4-10-18(19)22-20(24)16-8-6-12-23(14-16)13-15-7-2-3-9-17(15)21/h2-5,7,9-11,16H,6,8,12-14H2,1H3,(H,22,24).